The first-order valence-corrected chi connectivity index (χ1v) is 7.37. The van der Waals surface area contributed by atoms with Gasteiger partial charge in [-0.25, -0.2) is 0 Å². The zero-order valence-electron chi connectivity index (χ0n) is 12.1. The number of hydrogen-bond acceptors (Lipinski definition) is 3. The zero-order valence-corrected chi connectivity index (χ0v) is 12.1. The van der Waals surface area contributed by atoms with Gasteiger partial charge in [0.05, 0.1) is 18.9 Å². The van der Waals surface area contributed by atoms with Gasteiger partial charge in [-0.3, -0.25) is 4.79 Å². The number of carbonyl (C=O) groups excluding carboxylic acids is 1. The molecule has 4 nitrogen and oxygen atoms in total. The van der Waals surface area contributed by atoms with E-state index in [1.165, 1.54) is 6.26 Å². The molecule has 0 saturated carbocycles. The lowest BCUT2D eigenvalue weighted by Gasteiger charge is -2.24. The molecule has 1 unspecified atom stereocenters. The predicted octanol–water partition coefficient (Wildman–Crippen LogP) is 3.66. The molecule has 1 aliphatic rings. The highest BCUT2D eigenvalue weighted by Crippen LogP contribution is 2.33. The van der Waals surface area contributed by atoms with Gasteiger partial charge in [0.15, 0.2) is 5.76 Å². The van der Waals surface area contributed by atoms with Crippen LogP contribution in [0.2, 0.25) is 0 Å². The number of rotatable bonds is 4. The van der Waals surface area contributed by atoms with Gasteiger partial charge >= 0.3 is 0 Å². The summed E-state index contributed by atoms with van der Waals surface area (Å²) in [5.74, 6) is 1.24. The molecule has 1 aliphatic heterocycles. The van der Waals surface area contributed by atoms with E-state index >= 15 is 0 Å². The Morgan fingerprint density at radius 1 is 1.33 bits per heavy atom. The van der Waals surface area contributed by atoms with E-state index in [1.54, 1.807) is 12.1 Å². The van der Waals surface area contributed by atoms with Crippen LogP contribution in [0.25, 0.3) is 0 Å². The van der Waals surface area contributed by atoms with Crippen LogP contribution in [0.15, 0.2) is 47.1 Å². The van der Waals surface area contributed by atoms with E-state index in [2.05, 4.69) is 0 Å². The van der Waals surface area contributed by atoms with E-state index in [0.717, 1.165) is 30.7 Å². The highest BCUT2D eigenvalue weighted by molar-refractivity contribution is 5.91. The maximum absolute atomic E-state index is 12.5. The maximum atomic E-state index is 12.5. The topological polar surface area (TPSA) is 42.7 Å². The Labute approximate surface area is 124 Å². The van der Waals surface area contributed by atoms with Gasteiger partial charge in [-0.05, 0) is 49.6 Å². The van der Waals surface area contributed by atoms with Gasteiger partial charge in [-0.2, -0.15) is 0 Å². The van der Waals surface area contributed by atoms with Gasteiger partial charge in [0, 0.05) is 6.54 Å². The van der Waals surface area contributed by atoms with Crippen molar-refractivity contribution in [1.82, 2.24) is 4.90 Å². The molecule has 0 aliphatic carbocycles. The van der Waals surface area contributed by atoms with Crippen LogP contribution in [0.4, 0.5) is 0 Å². The molecule has 1 saturated heterocycles. The fourth-order valence-electron chi connectivity index (χ4n) is 2.85. The molecule has 1 atom stereocenters. The maximum Gasteiger partial charge on any atom is 0.290 e. The summed E-state index contributed by atoms with van der Waals surface area (Å²) in [4.78, 5) is 14.4. The van der Waals surface area contributed by atoms with E-state index in [1.807, 2.05) is 36.1 Å². The summed E-state index contributed by atoms with van der Waals surface area (Å²) < 4.78 is 10.7. The quantitative estimate of drug-likeness (QED) is 0.861. The summed E-state index contributed by atoms with van der Waals surface area (Å²) >= 11 is 0. The SMILES string of the molecule is CCOc1ccc(C2CCCN2C(=O)c2ccco2)cc1. The summed E-state index contributed by atoms with van der Waals surface area (Å²) in [5.41, 5.74) is 1.15. The van der Waals surface area contributed by atoms with Crippen molar-refractivity contribution in [3.8, 4) is 5.75 Å². The van der Waals surface area contributed by atoms with Crippen LogP contribution in [-0.4, -0.2) is 24.0 Å². The molecular weight excluding hydrogens is 266 g/mol. The molecule has 110 valence electrons. The number of nitrogens with zero attached hydrogens (tertiary/aromatic N) is 1. The van der Waals surface area contributed by atoms with Crippen molar-refractivity contribution in [2.75, 3.05) is 13.2 Å². The van der Waals surface area contributed by atoms with Crippen molar-refractivity contribution in [3.63, 3.8) is 0 Å². The predicted molar refractivity (Wildman–Crippen MR) is 79.3 cm³/mol. The van der Waals surface area contributed by atoms with Crippen LogP contribution in [-0.2, 0) is 0 Å². The third-order valence-corrected chi connectivity index (χ3v) is 3.82. The van der Waals surface area contributed by atoms with E-state index in [4.69, 9.17) is 9.15 Å². The Kier molecular flexibility index (Phi) is 3.95. The van der Waals surface area contributed by atoms with Crippen LogP contribution >= 0.6 is 0 Å². The molecule has 1 aromatic heterocycles. The third kappa shape index (κ3) is 2.79. The number of hydrogen-bond donors (Lipinski definition) is 0. The molecule has 1 aromatic carbocycles. The van der Waals surface area contributed by atoms with Gasteiger partial charge in [0.25, 0.3) is 5.91 Å². The molecule has 2 aromatic rings. The van der Waals surface area contributed by atoms with Crippen molar-refractivity contribution in [2.24, 2.45) is 0 Å². The van der Waals surface area contributed by atoms with Gasteiger partial charge < -0.3 is 14.1 Å². The van der Waals surface area contributed by atoms with Crippen LogP contribution < -0.4 is 4.74 Å². The van der Waals surface area contributed by atoms with Gasteiger partial charge in [-0.15, -0.1) is 0 Å². The van der Waals surface area contributed by atoms with Gasteiger partial charge in [-0.1, -0.05) is 12.1 Å². The van der Waals surface area contributed by atoms with E-state index in [0.29, 0.717) is 12.4 Å². The van der Waals surface area contributed by atoms with Crippen molar-refractivity contribution in [3.05, 3.63) is 54.0 Å². The molecule has 2 heterocycles. The third-order valence-electron chi connectivity index (χ3n) is 3.82. The number of carbonyl (C=O) groups is 1. The average molecular weight is 285 g/mol. The minimum atomic E-state index is -0.0311. The summed E-state index contributed by atoms with van der Waals surface area (Å²) in [6.45, 7) is 3.40. The molecule has 0 N–H and O–H groups in total. The highest BCUT2D eigenvalue weighted by Gasteiger charge is 2.31. The number of benzene rings is 1. The average Bonchev–Trinajstić information content (AvgIpc) is 3.19. The molecule has 0 radical (unpaired) electrons. The van der Waals surface area contributed by atoms with Crippen molar-refractivity contribution in [1.29, 1.82) is 0 Å². The van der Waals surface area contributed by atoms with Crippen LogP contribution in [0, 0.1) is 0 Å². The van der Waals surface area contributed by atoms with Crippen molar-refractivity contribution < 1.29 is 13.9 Å². The number of furan rings is 1. The Morgan fingerprint density at radius 2 is 2.14 bits per heavy atom. The molecule has 1 fully saturated rings. The van der Waals surface area contributed by atoms with Crippen LogP contribution in [0.5, 0.6) is 5.75 Å². The van der Waals surface area contributed by atoms with Crippen molar-refractivity contribution in [2.45, 2.75) is 25.8 Å². The molecule has 21 heavy (non-hydrogen) atoms. The smallest absolute Gasteiger partial charge is 0.290 e. The van der Waals surface area contributed by atoms with E-state index < -0.39 is 0 Å². The van der Waals surface area contributed by atoms with Gasteiger partial charge in [0.2, 0.25) is 0 Å². The molecule has 0 spiro atoms. The number of likely N-dealkylation sites (tertiary alicyclic amines) is 1. The fourth-order valence-corrected chi connectivity index (χ4v) is 2.85. The second-order valence-corrected chi connectivity index (χ2v) is 5.14. The summed E-state index contributed by atoms with van der Waals surface area (Å²) in [6, 6.07) is 11.6. The van der Waals surface area contributed by atoms with E-state index in [9.17, 15) is 4.79 Å². The fraction of sp³-hybridized carbons (Fsp3) is 0.353. The normalized spacial score (nSPS) is 18.0. The standard InChI is InChI=1S/C17H19NO3/c1-2-20-14-9-7-13(8-10-14)15-5-3-11-18(15)17(19)16-6-4-12-21-16/h4,6-10,12,15H,2-3,5,11H2,1H3. The first-order chi connectivity index (χ1) is 10.3. The molecule has 1 amide bonds. The summed E-state index contributed by atoms with van der Waals surface area (Å²) in [5, 5.41) is 0. The first-order valence-electron chi connectivity index (χ1n) is 7.37. The highest BCUT2D eigenvalue weighted by atomic mass is 16.5. The minimum absolute atomic E-state index is 0.0311. The van der Waals surface area contributed by atoms with Crippen LogP contribution in [0.1, 0.15) is 41.9 Å². The summed E-state index contributed by atoms with van der Waals surface area (Å²) in [7, 11) is 0. The second kappa shape index (κ2) is 6.04. The Hall–Kier alpha value is -2.23. The van der Waals surface area contributed by atoms with Crippen LogP contribution in [0.3, 0.4) is 0 Å². The van der Waals surface area contributed by atoms with E-state index in [-0.39, 0.29) is 11.9 Å². The Balaban J connectivity index is 1.79. The first kappa shape index (κ1) is 13.7. The Bertz CT molecular complexity index is 589. The van der Waals surface area contributed by atoms with Gasteiger partial charge in [0.1, 0.15) is 5.75 Å². The lowest BCUT2D eigenvalue weighted by molar-refractivity contribution is 0.0703. The largest absolute Gasteiger partial charge is 0.494 e. The second-order valence-electron chi connectivity index (χ2n) is 5.14. The molecule has 4 heteroatoms. The lowest BCUT2D eigenvalue weighted by Crippen LogP contribution is -2.30. The zero-order chi connectivity index (χ0) is 14.7. The minimum Gasteiger partial charge on any atom is -0.494 e. The monoisotopic (exact) mass is 285 g/mol. The Morgan fingerprint density at radius 3 is 2.81 bits per heavy atom. The number of ether oxygens (including phenoxy) is 1. The lowest BCUT2D eigenvalue weighted by atomic mass is 10.0. The molecule has 0 bridgehead atoms. The van der Waals surface area contributed by atoms with Crippen molar-refractivity contribution >= 4 is 5.91 Å². The summed E-state index contributed by atoms with van der Waals surface area (Å²) in [6.07, 6.45) is 3.54. The molecular formula is C17H19NO3. The number of amides is 1. The molecule has 3 rings (SSSR count).